The van der Waals surface area contributed by atoms with Gasteiger partial charge < -0.3 is 15.2 Å². The second kappa shape index (κ2) is 12.7. The Labute approximate surface area is 230 Å². The molecule has 37 heavy (non-hydrogen) atoms. The Kier molecular flexibility index (Phi) is 9.90. The van der Waals surface area contributed by atoms with Gasteiger partial charge in [0, 0.05) is 27.8 Å². The number of halogens is 2. The van der Waals surface area contributed by atoms with Gasteiger partial charge in [-0.15, -0.1) is 0 Å². The highest BCUT2D eigenvalue weighted by molar-refractivity contribution is 7.79. The van der Waals surface area contributed by atoms with E-state index in [-0.39, 0.29) is 29.5 Å². The van der Waals surface area contributed by atoms with E-state index in [1.807, 2.05) is 24.3 Å². The summed E-state index contributed by atoms with van der Waals surface area (Å²) < 4.78 is 19.6. The van der Waals surface area contributed by atoms with Crippen LogP contribution in [0.4, 0.5) is 5.69 Å². The Bertz CT molecular complexity index is 1250. The first kappa shape index (κ1) is 28.9. The molecule has 0 aliphatic carbocycles. The predicted molar refractivity (Wildman–Crippen MR) is 151 cm³/mol. The van der Waals surface area contributed by atoms with Crippen LogP contribution < -0.4 is 10.6 Å². The van der Waals surface area contributed by atoms with Crippen LogP contribution in [0.2, 0.25) is 10.0 Å². The van der Waals surface area contributed by atoms with Gasteiger partial charge in [0.05, 0.1) is 11.7 Å². The number of hydrogen-bond donors (Lipinski definition) is 3. The summed E-state index contributed by atoms with van der Waals surface area (Å²) in [6.45, 7) is 6.51. The first-order valence-electron chi connectivity index (χ1n) is 11.7. The molecule has 0 fully saturated rings. The summed E-state index contributed by atoms with van der Waals surface area (Å²) in [4.78, 5) is 25.7. The van der Waals surface area contributed by atoms with Crippen molar-refractivity contribution in [2.45, 2.75) is 38.5 Å². The van der Waals surface area contributed by atoms with Crippen molar-refractivity contribution < 1.29 is 18.4 Å². The number of anilines is 1. The molecule has 0 aromatic heterocycles. The van der Waals surface area contributed by atoms with Gasteiger partial charge in [-0.3, -0.25) is 9.59 Å². The minimum atomic E-state index is -1.96. The standard InChI is InChI=1S/C28H30Cl2N2O4S/c1-28(2,3)21-10-8-19(9-11-21)25(27(34)32-24-16-22(29)15-23(30)17-24)14-18-4-6-20(7-5-18)26(33)31-12-13-37(35)36/h4-11,15-17,25H,12-14H2,1-3H3,(H,31,33)(H,32,34)(H,35,36). The number of amides is 2. The van der Waals surface area contributed by atoms with Crippen molar-refractivity contribution in [2.24, 2.45) is 0 Å². The quantitative estimate of drug-likeness (QED) is 0.271. The molecule has 2 atom stereocenters. The molecule has 3 aromatic rings. The summed E-state index contributed by atoms with van der Waals surface area (Å²) in [6.07, 6.45) is 0.403. The second-order valence-electron chi connectivity index (χ2n) is 9.75. The normalized spacial score (nSPS) is 13.0. The fourth-order valence-electron chi connectivity index (χ4n) is 3.81. The lowest BCUT2D eigenvalue weighted by Crippen LogP contribution is -2.27. The summed E-state index contributed by atoms with van der Waals surface area (Å²) in [6, 6.07) is 19.9. The zero-order valence-corrected chi connectivity index (χ0v) is 23.2. The minimum absolute atomic E-state index is 0.0174. The minimum Gasteiger partial charge on any atom is -0.351 e. The van der Waals surface area contributed by atoms with Crippen LogP contribution in [0, 0.1) is 0 Å². The topological polar surface area (TPSA) is 95.5 Å². The Morgan fingerprint density at radius 1 is 0.946 bits per heavy atom. The van der Waals surface area contributed by atoms with Gasteiger partial charge in [0.15, 0.2) is 11.1 Å². The SMILES string of the molecule is CC(C)(C)c1ccc(C(Cc2ccc(C(=O)NCCS(=O)O)cc2)C(=O)Nc2cc(Cl)cc(Cl)c2)cc1. The summed E-state index contributed by atoms with van der Waals surface area (Å²) >= 11 is 10.3. The molecule has 0 bridgehead atoms. The molecule has 2 amide bonds. The van der Waals surface area contributed by atoms with Crippen molar-refractivity contribution in [3.63, 3.8) is 0 Å². The highest BCUT2D eigenvalue weighted by Crippen LogP contribution is 2.29. The van der Waals surface area contributed by atoms with Gasteiger partial charge in [0.1, 0.15) is 0 Å². The molecular weight excluding hydrogens is 531 g/mol. The molecular formula is C28H30Cl2N2O4S. The molecule has 0 aliphatic rings. The lowest BCUT2D eigenvalue weighted by molar-refractivity contribution is -0.117. The fraction of sp³-hybridized carbons (Fsp3) is 0.286. The van der Waals surface area contributed by atoms with Gasteiger partial charge in [0.2, 0.25) is 5.91 Å². The molecule has 6 nitrogen and oxygen atoms in total. The van der Waals surface area contributed by atoms with Gasteiger partial charge in [-0.05, 0) is 58.9 Å². The van der Waals surface area contributed by atoms with Crippen LogP contribution in [0.5, 0.6) is 0 Å². The van der Waals surface area contributed by atoms with Gasteiger partial charge in [-0.2, -0.15) is 0 Å². The molecule has 0 heterocycles. The third kappa shape index (κ3) is 8.68. The van der Waals surface area contributed by atoms with Crippen molar-refractivity contribution in [3.8, 4) is 0 Å². The number of carbonyl (C=O) groups excluding carboxylic acids is 2. The Morgan fingerprint density at radius 2 is 1.54 bits per heavy atom. The summed E-state index contributed by atoms with van der Waals surface area (Å²) in [7, 11) is 0. The summed E-state index contributed by atoms with van der Waals surface area (Å²) in [5.41, 5.74) is 3.81. The largest absolute Gasteiger partial charge is 0.351 e. The molecule has 0 radical (unpaired) electrons. The Balaban J connectivity index is 1.83. The molecule has 3 N–H and O–H groups in total. The molecule has 2 unspecified atom stereocenters. The van der Waals surface area contributed by atoms with Crippen LogP contribution in [-0.4, -0.2) is 32.9 Å². The van der Waals surface area contributed by atoms with Crippen LogP contribution in [0.3, 0.4) is 0 Å². The Morgan fingerprint density at radius 3 is 2.08 bits per heavy atom. The number of rotatable bonds is 9. The van der Waals surface area contributed by atoms with Gasteiger partial charge in [-0.25, -0.2) is 4.21 Å². The summed E-state index contributed by atoms with van der Waals surface area (Å²) in [5, 5.41) is 6.39. The van der Waals surface area contributed by atoms with Crippen molar-refractivity contribution in [1.29, 1.82) is 0 Å². The lowest BCUT2D eigenvalue weighted by atomic mass is 9.84. The van der Waals surface area contributed by atoms with E-state index in [4.69, 9.17) is 27.8 Å². The summed E-state index contributed by atoms with van der Waals surface area (Å²) in [5.74, 6) is -1.08. The first-order valence-corrected chi connectivity index (χ1v) is 13.8. The number of hydrogen-bond acceptors (Lipinski definition) is 3. The van der Waals surface area contributed by atoms with Crippen LogP contribution in [0.25, 0.3) is 0 Å². The maximum Gasteiger partial charge on any atom is 0.251 e. The van der Waals surface area contributed by atoms with Crippen LogP contribution in [0.1, 0.15) is 53.7 Å². The van der Waals surface area contributed by atoms with Crippen LogP contribution >= 0.6 is 23.2 Å². The monoisotopic (exact) mass is 560 g/mol. The van der Waals surface area contributed by atoms with E-state index in [1.54, 1.807) is 42.5 Å². The van der Waals surface area contributed by atoms with Crippen molar-refractivity contribution in [3.05, 3.63) is 99.0 Å². The molecule has 3 rings (SSSR count). The average molecular weight is 562 g/mol. The smallest absolute Gasteiger partial charge is 0.251 e. The van der Waals surface area contributed by atoms with E-state index in [0.29, 0.717) is 27.7 Å². The van der Waals surface area contributed by atoms with E-state index in [9.17, 15) is 13.8 Å². The Hall–Kier alpha value is -2.71. The second-order valence-corrected chi connectivity index (χ2v) is 11.7. The zero-order valence-electron chi connectivity index (χ0n) is 20.9. The maximum absolute atomic E-state index is 13.5. The van der Waals surface area contributed by atoms with Crippen LogP contribution in [0.15, 0.2) is 66.7 Å². The lowest BCUT2D eigenvalue weighted by Gasteiger charge is -2.22. The van der Waals surface area contributed by atoms with E-state index >= 15 is 0 Å². The van der Waals surface area contributed by atoms with Gasteiger partial charge in [0.25, 0.3) is 5.91 Å². The van der Waals surface area contributed by atoms with E-state index in [1.165, 1.54) is 0 Å². The van der Waals surface area contributed by atoms with E-state index < -0.39 is 17.0 Å². The molecule has 9 heteroatoms. The number of carbonyl (C=O) groups is 2. The van der Waals surface area contributed by atoms with Gasteiger partial charge in [-0.1, -0.05) is 80.4 Å². The van der Waals surface area contributed by atoms with Crippen molar-refractivity contribution in [2.75, 3.05) is 17.6 Å². The van der Waals surface area contributed by atoms with E-state index in [0.717, 1.165) is 16.7 Å². The third-order valence-corrected chi connectivity index (χ3v) is 6.83. The molecule has 0 saturated carbocycles. The van der Waals surface area contributed by atoms with Gasteiger partial charge >= 0.3 is 0 Å². The number of benzene rings is 3. The van der Waals surface area contributed by atoms with Crippen molar-refractivity contribution >= 4 is 51.8 Å². The molecule has 3 aromatic carbocycles. The molecule has 0 aliphatic heterocycles. The molecule has 196 valence electrons. The predicted octanol–water partition coefficient (Wildman–Crippen LogP) is 6.21. The fourth-order valence-corrected chi connectivity index (χ4v) is 4.62. The maximum atomic E-state index is 13.5. The number of nitrogens with one attached hydrogen (secondary N) is 2. The van der Waals surface area contributed by atoms with E-state index in [2.05, 4.69) is 31.4 Å². The highest BCUT2D eigenvalue weighted by atomic mass is 35.5. The first-order chi connectivity index (χ1) is 17.4. The third-order valence-electron chi connectivity index (χ3n) is 5.84. The van der Waals surface area contributed by atoms with Crippen LogP contribution in [-0.2, 0) is 27.7 Å². The zero-order chi connectivity index (χ0) is 27.2. The average Bonchev–Trinajstić information content (AvgIpc) is 2.81. The molecule has 0 saturated heterocycles. The highest BCUT2D eigenvalue weighted by Gasteiger charge is 2.23. The molecule has 0 spiro atoms. The van der Waals surface area contributed by atoms with Crippen molar-refractivity contribution in [1.82, 2.24) is 5.32 Å².